The molecule has 5 rings (SSSR count). The Morgan fingerprint density at radius 1 is 1.00 bits per heavy atom. The van der Waals surface area contributed by atoms with Gasteiger partial charge in [0.15, 0.2) is 0 Å². The number of carboxylic acid groups (broad SMARTS) is 2. The van der Waals surface area contributed by atoms with E-state index in [0.717, 1.165) is 38.2 Å². The Kier molecular flexibility index (Phi) is 14.6. The highest BCUT2D eigenvalue weighted by molar-refractivity contribution is 6.31. The van der Waals surface area contributed by atoms with Crippen molar-refractivity contribution in [1.82, 2.24) is 4.90 Å². The van der Waals surface area contributed by atoms with Gasteiger partial charge in [-0.3, -0.25) is 9.69 Å². The molecule has 1 saturated heterocycles. The van der Waals surface area contributed by atoms with Crippen molar-refractivity contribution in [3.63, 3.8) is 0 Å². The Morgan fingerprint density at radius 3 is 2.19 bits per heavy atom. The third-order valence-electron chi connectivity index (χ3n) is 10.5. The van der Waals surface area contributed by atoms with Crippen LogP contribution in [-0.4, -0.2) is 64.9 Å². The predicted molar refractivity (Wildman–Crippen MR) is 205 cm³/mol. The van der Waals surface area contributed by atoms with E-state index in [4.69, 9.17) is 37.8 Å². The Bertz CT molecular complexity index is 2000. The van der Waals surface area contributed by atoms with Crippen LogP contribution in [0, 0.1) is 34.3 Å². The Hall–Kier alpha value is -4.45. The zero-order valence-corrected chi connectivity index (χ0v) is 33.2. The third-order valence-corrected chi connectivity index (χ3v) is 11.0. The molecule has 4 atom stereocenters. The fraction of sp³-hybridized carbons (Fsp3) is 0.463. The Balaban J connectivity index is 0.000000940. The number of likely N-dealkylation sites (tertiary alicyclic amines) is 1. The smallest absolute Gasteiger partial charge is 0.490 e. The number of carbonyl (C=O) groups excluding carboxylic acids is 1. The number of ether oxygens (including phenoxy) is 1. The van der Waals surface area contributed by atoms with Gasteiger partial charge in [-0.05, 0) is 66.6 Å². The summed E-state index contributed by atoms with van der Waals surface area (Å²) in [5, 5.41) is 31.1. The number of rotatable bonds is 10. The van der Waals surface area contributed by atoms with Crippen molar-refractivity contribution in [3.05, 3.63) is 93.0 Å². The van der Waals surface area contributed by atoms with Crippen LogP contribution in [0.3, 0.4) is 0 Å². The topological polar surface area (TPSA) is 140 Å². The van der Waals surface area contributed by atoms with Crippen LogP contribution < -0.4 is 10.1 Å². The summed E-state index contributed by atoms with van der Waals surface area (Å²) >= 11 is 12.6. The molecule has 0 spiro atoms. The fourth-order valence-electron chi connectivity index (χ4n) is 8.08. The van der Waals surface area contributed by atoms with E-state index in [1.807, 2.05) is 25.7 Å². The van der Waals surface area contributed by atoms with E-state index in [9.17, 15) is 33.1 Å². The maximum absolute atomic E-state index is 16.4. The van der Waals surface area contributed by atoms with Crippen LogP contribution in [-0.2, 0) is 15.0 Å². The molecule has 0 radical (unpaired) electrons. The lowest BCUT2D eigenvalue weighted by Gasteiger charge is -2.40. The predicted octanol–water partition coefficient (Wildman–Crippen LogP) is 10.3. The highest BCUT2D eigenvalue weighted by Gasteiger charge is 2.64. The normalized spacial score (nSPS) is 21.5. The maximum Gasteiger partial charge on any atom is 0.490 e. The lowest BCUT2D eigenvalue weighted by atomic mass is 9.62. The summed E-state index contributed by atoms with van der Waals surface area (Å²) in [5.41, 5.74) is -1.98. The van der Waals surface area contributed by atoms with Gasteiger partial charge in [0.25, 0.3) is 0 Å². The van der Waals surface area contributed by atoms with E-state index in [1.165, 1.54) is 56.0 Å². The van der Waals surface area contributed by atoms with Gasteiger partial charge in [0, 0.05) is 34.3 Å². The van der Waals surface area contributed by atoms with E-state index >= 15 is 8.78 Å². The van der Waals surface area contributed by atoms with Crippen LogP contribution in [0.2, 0.25) is 10.0 Å². The molecule has 1 heterocycles. The van der Waals surface area contributed by atoms with Gasteiger partial charge < -0.3 is 20.3 Å². The van der Waals surface area contributed by atoms with Crippen molar-refractivity contribution in [2.24, 2.45) is 11.3 Å². The fourth-order valence-corrected chi connectivity index (χ4v) is 8.42. The Labute approximate surface area is 337 Å². The second-order valence-electron chi connectivity index (χ2n) is 15.5. The summed E-state index contributed by atoms with van der Waals surface area (Å²) in [6.45, 7) is 6.46. The molecule has 9 nitrogen and oxygen atoms in total. The third kappa shape index (κ3) is 10.4. The first-order chi connectivity index (χ1) is 26.7. The minimum atomic E-state index is -5.08. The van der Waals surface area contributed by atoms with Gasteiger partial charge in [-0.15, -0.1) is 0 Å². The molecule has 0 unspecified atom stereocenters. The van der Waals surface area contributed by atoms with Crippen molar-refractivity contribution < 1.29 is 51.3 Å². The minimum Gasteiger partial charge on any atom is -0.496 e. The number of nitrogens with one attached hydrogen (secondary N) is 1. The van der Waals surface area contributed by atoms with Crippen molar-refractivity contribution >= 4 is 46.7 Å². The second kappa shape index (κ2) is 18.4. The van der Waals surface area contributed by atoms with E-state index in [2.05, 4.69) is 11.4 Å². The summed E-state index contributed by atoms with van der Waals surface area (Å²) in [5.74, 6) is -6.82. The molecule has 0 bridgehead atoms. The summed E-state index contributed by atoms with van der Waals surface area (Å²) in [6.07, 6.45) is 1.52. The first kappa shape index (κ1) is 45.3. The van der Waals surface area contributed by atoms with Crippen LogP contribution in [0.4, 0.5) is 27.6 Å². The van der Waals surface area contributed by atoms with Gasteiger partial charge >= 0.3 is 18.1 Å². The number of aliphatic carboxylic acids is 1. The van der Waals surface area contributed by atoms with Crippen molar-refractivity contribution in [2.75, 3.05) is 19.0 Å². The minimum absolute atomic E-state index is 0.0198. The van der Waals surface area contributed by atoms with Crippen LogP contribution in [0.25, 0.3) is 0 Å². The molecule has 308 valence electrons. The molecule has 0 aromatic heterocycles. The number of nitrogens with zero attached hydrogens (tertiary/aromatic N) is 2. The molecule has 3 N–H and O–H groups in total. The van der Waals surface area contributed by atoms with Gasteiger partial charge in [-0.1, -0.05) is 94.3 Å². The SMILES string of the molecule is COc1cc(NC(=O)[C@H]2[C@H](c3cccc(Cl)c3F)[C@@](C#N)(c3ccc(Cl)cc3F)[C@H](CC(C)(C)C)N2CCC2CCCCC2)ccc1C(=O)O.O=C(O)C(F)(F)F. The average Bonchev–Trinajstić information content (AvgIpc) is 3.40. The van der Waals surface area contributed by atoms with Crippen LogP contribution in [0.15, 0.2) is 54.6 Å². The van der Waals surface area contributed by atoms with Crippen molar-refractivity contribution in [2.45, 2.75) is 95.3 Å². The number of carbonyl (C=O) groups is 3. The maximum atomic E-state index is 16.4. The first-order valence-corrected chi connectivity index (χ1v) is 19.0. The number of anilines is 1. The molecule has 1 saturated carbocycles. The largest absolute Gasteiger partial charge is 0.496 e. The highest BCUT2D eigenvalue weighted by atomic mass is 35.5. The second-order valence-corrected chi connectivity index (χ2v) is 16.3. The van der Waals surface area contributed by atoms with Gasteiger partial charge in [0.2, 0.25) is 5.91 Å². The molecule has 3 aromatic rings. The monoisotopic (exact) mass is 839 g/mol. The molecule has 16 heteroatoms. The number of hydrogen-bond donors (Lipinski definition) is 3. The molecule has 2 fully saturated rings. The Morgan fingerprint density at radius 2 is 1.65 bits per heavy atom. The number of halogens is 7. The number of carboxylic acids is 2. The molecule has 1 aliphatic carbocycles. The van der Waals surface area contributed by atoms with E-state index in [1.54, 1.807) is 6.07 Å². The lowest BCUT2D eigenvalue weighted by molar-refractivity contribution is -0.192. The molecular formula is C41H44Cl2F5N3O6. The zero-order chi connectivity index (χ0) is 42.5. The summed E-state index contributed by atoms with van der Waals surface area (Å²) in [4.78, 5) is 37.5. The number of hydrogen-bond acceptors (Lipinski definition) is 6. The highest BCUT2D eigenvalue weighted by Crippen LogP contribution is 2.57. The molecule has 3 aromatic carbocycles. The summed E-state index contributed by atoms with van der Waals surface area (Å²) < 4.78 is 69.8. The molecule has 2 aliphatic rings. The molecule has 1 aliphatic heterocycles. The van der Waals surface area contributed by atoms with Crippen LogP contribution in [0.5, 0.6) is 5.75 Å². The number of alkyl halides is 3. The average molecular weight is 841 g/mol. The van der Waals surface area contributed by atoms with Crippen molar-refractivity contribution in [1.29, 1.82) is 5.26 Å². The lowest BCUT2D eigenvalue weighted by Crippen LogP contribution is -2.48. The van der Waals surface area contributed by atoms with E-state index in [-0.39, 0.29) is 38.2 Å². The first-order valence-electron chi connectivity index (χ1n) is 18.2. The van der Waals surface area contributed by atoms with Crippen LogP contribution in [0.1, 0.15) is 93.1 Å². The summed E-state index contributed by atoms with van der Waals surface area (Å²) in [6, 6.07) is 13.3. The van der Waals surface area contributed by atoms with Gasteiger partial charge in [0.1, 0.15) is 28.4 Å². The molecule has 57 heavy (non-hydrogen) atoms. The number of methoxy groups -OCH3 is 1. The summed E-state index contributed by atoms with van der Waals surface area (Å²) in [7, 11) is 1.33. The zero-order valence-electron chi connectivity index (χ0n) is 31.7. The van der Waals surface area contributed by atoms with Gasteiger partial charge in [-0.25, -0.2) is 18.4 Å². The number of aromatic carboxylic acids is 1. The standard InChI is InChI=1S/C39H43Cl2F2N3O4.C2HF3O2/c1-38(2,3)21-32-39(22-44,28-16-13-24(40)19-30(28)42)33(27-11-8-12-29(41)34(27)43)35(46(32)18-17-23-9-6-5-7-10-23)36(47)45-25-14-15-26(37(48)49)31(20-25)50-4;3-2(4,5)1(6)7/h8,11-16,19-20,23,32-33,35H,5-7,9-10,17-18,21H2,1-4H3,(H,45,47)(H,48,49);(H,6,7)/t32-,33-,35+,39-;/m0./s1. The number of nitriles is 1. The van der Waals surface area contributed by atoms with E-state index < -0.39 is 64.5 Å². The number of amides is 1. The van der Waals surface area contributed by atoms with Gasteiger partial charge in [-0.2, -0.15) is 18.4 Å². The van der Waals surface area contributed by atoms with Crippen molar-refractivity contribution in [3.8, 4) is 11.8 Å². The number of benzene rings is 3. The molecular weight excluding hydrogens is 796 g/mol. The quantitative estimate of drug-likeness (QED) is 0.172. The van der Waals surface area contributed by atoms with Gasteiger partial charge in [0.05, 0.1) is 24.2 Å². The molecule has 1 amide bonds. The van der Waals surface area contributed by atoms with E-state index in [0.29, 0.717) is 18.9 Å². The van der Waals surface area contributed by atoms with Crippen LogP contribution >= 0.6 is 23.2 Å².